The van der Waals surface area contributed by atoms with E-state index >= 15 is 0 Å². The van der Waals surface area contributed by atoms with Crippen molar-refractivity contribution in [1.82, 2.24) is 0 Å². The highest BCUT2D eigenvalue weighted by atomic mass is 16.2. The van der Waals surface area contributed by atoms with Crippen LogP contribution in [0.4, 0.5) is 5.69 Å². The van der Waals surface area contributed by atoms with Crippen molar-refractivity contribution in [2.24, 2.45) is 5.92 Å². The Labute approximate surface area is 114 Å². The van der Waals surface area contributed by atoms with Gasteiger partial charge in [-0.2, -0.15) is 0 Å². The van der Waals surface area contributed by atoms with Gasteiger partial charge in [-0.05, 0) is 37.3 Å². The van der Waals surface area contributed by atoms with Crippen molar-refractivity contribution in [2.45, 2.75) is 40.0 Å². The van der Waals surface area contributed by atoms with E-state index in [4.69, 9.17) is 0 Å². The minimum atomic E-state index is 0.0460. The van der Waals surface area contributed by atoms with Gasteiger partial charge in [0, 0.05) is 24.2 Å². The van der Waals surface area contributed by atoms with Crippen molar-refractivity contribution in [3.63, 3.8) is 0 Å². The molecule has 1 heterocycles. The molecule has 102 valence electrons. The Morgan fingerprint density at radius 1 is 1.32 bits per heavy atom. The van der Waals surface area contributed by atoms with E-state index in [1.807, 2.05) is 23.1 Å². The second-order valence-electron chi connectivity index (χ2n) is 5.65. The van der Waals surface area contributed by atoms with Crippen LogP contribution in [0.25, 0.3) is 0 Å². The molecule has 1 aliphatic rings. The molecule has 0 saturated heterocycles. The molecular formula is C16H21NO2. The smallest absolute Gasteiger partial charge is 0.227 e. The van der Waals surface area contributed by atoms with E-state index < -0.39 is 0 Å². The number of carbonyl (C=O) groups excluding carboxylic acids is 2. The highest BCUT2D eigenvalue weighted by Crippen LogP contribution is 2.29. The summed E-state index contributed by atoms with van der Waals surface area (Å²) in [6.45, 7) is 6.42. The lowest BCUT2D eigenvalue weighted by atomic mass is 9.97. The molecule has 0 fully saturated rings. The highest BCUT2D eigenvalue weighted by molar-refractivity contribution is 5.99. The van der Waals surface area contributed by atoms with E-state index in [9.17, 15) is 9.59 Å². The molecule has 0 atom stereocenters. The Morgan fingerprint density at radius 2 is 2.05 bits per heavy atom. The van der Waals surface area contributed by atoms with Crippen LogP contribution in [-0.4, -0.2) is 18.2 Å². The van der Waals surface area contributed by atoms with Crippen LogP contribution in [-0.2, 0) is 11.2 Å². The monoisotopic (exact) mass is 259 g/mol. The largest absolute Gasteiger partial charge is 0.312 e. The van der Waals surface area contributed by atoms with Gasteiger partial charge in [-0.15, -0.1) is 0 Å². The summed E-state index contributed by atoms with van der Waals surface area (Å²) in [6, 6.07) is 5.72. The molecule has 3 heteroatoms. The van der Waals surface area contributed by atoms with E-state index in [1.165, 1.54) is 5.56 Å². The summed E-state index contributed by atoms with van der Waals surface area (Å²) in [5.74, 6) is 0.565. The quantitative estimate of drug-likeness (QED) is 0.782. The molecule has 1 amide bonds. The van der Waals surface area contributed by atoms with E-state index in [0.29, 0.717) is 17.9 Å². The summed E-state index contributed by atoms with van der Waals surface area (Å²) in [4.78, 5) is 25.6. The molecule has 1 aliphatic heterocycles. The maximum absolute atomic E-state index is 12.3. The lowest BCUT2D eigenvalue weighted by Gasteiger charge is -2.30. The minimum Gasteiger partial charge on any atom is -0.312 e. The topological polar surface area (TPSA) is 37.4 Å². The van der Waals surface area contributed by atoms with Crippen LogP contribution in [0.3, 0.4) is 0 Å². The highest BCUT2D eigenvalue weighted by Gasteiger charge is 2.23. The van der Waals surface area contributed by atoms with Gasteiger partial charge in [0.1, 0.15) is 0 Å². The van der Waals surface area contributed by atoms with E-state index in [2.05, 4.69) is 13.8 Å². The van der Waals surface area contributed by atoms with Gasteiger partial charge < -0.3 is 4.90 Å². The lowest BCUT2D eigenvalue weighted by Crippen LogP contribution is -2.36. The van der Waals surface area contributed by atoms with Crippen LogP contribution >= 0.6 is 0 Å². The van der Waals surface area contributed by atoms with Crippen molar-refractivity contribution >= 4 is 17.4 Å². The second kappa shape index (κ2) is 5.55. The number of hydrogen-bond donors (Lipinski definition) is 0. The number of anilines is 1. The van der Waals surface area contributed by atoms with Gasteiger partial charge in [-0.1, -0.05) is 26.0 Å². The van der Waals surface area contributed by atoms with Crippen molar-refractivity contribution < 1.29 is 9.59 Å². The number of Topliss-reactive ketones (excluding diaryl/α,β-unsaturated/α-hetero) is 1. The first-order valence-electron chi connectivity index (χ1n) is 6.93. The number of rotatable bonds is 3. The maximum atomic E-state index is 12.3. The predicted molar refractivity (Wildman–Crippen MR) is 76.6 cm³/mol. The number of fused-ring (bicyclic) bond motifs is 1. The van der Waals surface area contributed by atoms with Crippen LogP contribution in [0.15, 0.2) is 18.2 Å². The summed E-state index contributed by atoms with van der Waals surface area (Å²) < 4.78 is 0. The zero-order valence-electron chi connectivity index (χ0n) is 11.9. The van der Waals surface area contributed by atoms with Gasteiger partial charge >= 0.3 is 0 Å². The number of benzene rings is 1. The van der Waals surface area contributed by atoms with E-state index in [1.54, 1.807) is 6.92 Å². The third-order valence-corrected chi connectivity index (χ3v) is 3.49. The molecular weight excluding hydrogens is 238 g/mol. The van der Waals surface area contributed by atoms with Crippen molar-refractivity contribution in [2.75, 3.05) is 11.4 Å². The molecule has 0 saturated carbocycles. The average Bonchev–Trinajstić information content (AvgIpc) is 2.36. The first kappa shape index (κ1) is 13.8. The molecule has 0 radical (unpaired) electrons. The molecule has 1 aromatic rings. The van der Waals surface area contributed by atoms with E-state index in [0.717, 1.165) is 25.1 Å². The Hall–Kier alpha value is -1.64. The Balaban J connectivity index is 2.34. The van der Waals surface area contributed by atoms with Gasteiger partial charge in [0.05, 0.1) is 0 Å². The Morgan fingerprint density at radius 3 is 2.68 bits per heavy atom. The maximum Gasteiger partial charge on any atom is 0.227 e. The predicted octanol–water partition coefficient (Wildman–Crippen LogP) is 3.21. The summed E-state index contributed by atoms with van der Waals surface area (Å²) in [5, 5.41) is 0. The normalized spacial score (nSPS) is 14.4. The molecule has 0 bridgehead atoms. The third kappa shape index (κ3) is 3.03. The molecule has 0 aliphatic carbocycles. The fourth-order valence-corrected chi connectivity index (χ4v) is 2.51. The zero-order chi connectivity index (χ0) is 14.0. The molecule has 19 heavy (non-hydrogen) atoms. The fourth-order valence-electron chi connectivity index (χ4n) is 2.51. The molecule has 2 rings (SSSR count). The van der Waals surface area contributed by atoms with Gasteiger partial charge in [-0.3, -0.25) is 9.59 Å². The van der Waals surface area contributed by atoms with Crippen LogP contribution in [0.2, 0.25) is 0 Å². The number of amides is 1. The average molecular weight is 259 g/mol. The summed E-state index contributed by atoms with van der Waals surface area (Å²) in [6.07, 6.45) is 2.54. The fraction of sp³-hybridized carbons (Fsp3) is 0.500. The molecule has 3 nitrogen and oxygen atoms in total. The second-order valence-corrected chi connectivity index (χ2v) is 5.65. The Kier molecular flexibility index (Phi) is 4.03. The molecule has 0 unspecified atom stereocenters. The van der Waals surface area contributed by atoms with Crippen molar-refractivity contribution in [1.29, 1.82) is 0 Å². The van der Waals surface area contributed by atoms with E-state index in [-0.39, 0.29) is 11.7 Å². The van der Waals surface area contributed by atoms with Gasteiger partial charge in [0.2, 0.25) is 5.91 Å². The molecule has 1 aromatic carbocycles. The molecule has 0 N–H and O–H groups in total. The number of hydrogen-bond acceptors (Lipinski definition) is 2. The van der Waals surface area contributed by atoms with Gasteiger partial charge in [-0.25, -0.2) is 0 Å². The third-order valence-electron chi connectivity index (χ3n) is 3.49. The van der Waals surface area contributed by atoms with Crippen LogP contribution in [0.1, 0.15) is 49.5 Å². The summed E-state index contributed by atoms with van der Waals surface area (Å²) in [7, 11) is 0. The van der Waals surface area contributed by atoms with Crippen LogP contribution in [0, 0.1) is 5.92 Å². The summed E-state index contributed by atoms with van der Waals surface area (Å²) >= 11 is 0. The number of carbonyl (C=O) groups is 2. The first-order chi connectivity index (χ1) is 8.99. The van der Waals surface area contributed by atoms with Gasteiger partial charge in [0.25, 0.3) is 0 Å². The van der Waals surface area contributed by atoms with Gasteiger partial charge in [0.15, 0.2) is 5.78 Å². The first-order valence-corrected chi connectivity index (χ1v) is 6.93. The number of ketones is 1. The number of aryl methyl sites for hydroxylation is 1. The summed E-state index contributed by atoms with van der Waals surface area (Å²) in [5.41, 5.74) is 2.79. The van der Waals surface area contributed by atoms with Crippen LogP contribution < -0.4 is 4.90 Å². The standard InChI is InChI=1S/C16H21NO2/c1-11(2)9-16(19)17-8-4-5-13-6-7-14(12(3)18)10-15(13)17/h6-7,10-11H,4-5,8-9H2,1-3H3. The molecule has 0 aromatic heterocycles. The number of nitrogens with zero attached hydrogens (tertiary/aromatic N) is 1. The SMILES string of the molecule is CC(=O)c1ccc2c(c1)N(C(=O)CC(C)C)CCC2. The van der Waals surface area contributed by atoms with Crippen LogP contribution in [0.5, 0.6) is 0 Å². The lowest BCUT2D eigenvalue weighted by molar-refractivity contribution is -0.119. The van der Waals surface area contributed by atoms with Crippen molar-refractivity contribution in [3.8, 4) is 0 Å². The minimum absolute atomic E-state index is 0.0460. The molecule has 0 spiro atoms. The Bertz CT molecular complexity index is 505. The van der Waals surface area contributed by atoms with Crippen molar-refractivity contribution in [3.05, 3.63) is 29.3 Å². The zero-order valence-corrected chi connectivity index (χ0v) is 11.9.